The molecular formula is C23H23N3O2S2. The zero-order valence-corrected chi connectivity index (χ0v) is 18.4. The van der Waals surface area contributed by atoms with Crippen molar-refractivity contribution in [3.63, 3.8) is 0 Å². The van der Waals surface area contributed by atoms with Crippen LogP contribution < -0.4 is 0 Å². The topological polar surface area (TPSA) is 59.2 Å². The number of amides is 1. The highest BCUT2D eigenvalue weighted by Crippen LogP contribution is 2.22. The van der Waals surface area contributed by atoms with Crippen molar-refractivity contribution in [2.45, 2.75) is 32.7 Å². The van der Waals surface area contributed by atoms with E-state index in [0.717, 1.165) is 11.3 Å². The Morgan fingerprint density at radius 3 is 2.67 bits per heavy atom. The van der Waals surface area contributed by atoms with Crippen molar-refractivity contribution in [1.29, 1.82) is 0 Å². The average molecular weight is 438 g/mol. The lowest BCUT2D eigenvalue weighted by atomic mass is 10.1. The third-order valence-corrected chi connectivity index (χ3v) is 6.62. The molecule has 3 heterocycles. The van der Waals surface area contributed by atoms with E-state index in [4.69, 9.17) is 4.52 Å². The van der Waals surface area contributed by atoms with Crippen molar-refractivity contribution in [3.05, 3.63) is 81.2 Å². The fourth-order valence-electron chi connectivity index (χ4n) is 3.19. The maximum absolute atomic E-state index is 13.0. The molecule has 0 atom stereocenters. The highest BCUT2D eigenvalue weighted by Gasteiger charge is 2.17. The molecule has 1 aromatic carbocycles. The molecule has 0 aliphatic heterocycles. The van der Waals surface area contributed by atoms with E-state index in [0.29, 0.717) is 37.6 Å². The van der Waals surface area contributed by atoms with E-state index in [9.17, 15) is 4.79 Å². The van der Waals surface area contributed by atoms with Gasteiger partial charge in [-0.1, -0.05) is 41.6 Å². The van der Waals surface area contributed by atoms with Crippen LogP contribution in [0, 0.1) is 6.92 Å². The van der Waals surface area contributed by atoms with Crippen LogP contribution in [0.5, 0.6) is 0 Å². The van der Waals surface area contributed by atoms with Gasteiger partial charge in [0, 0.05) is 29.1 Å². The summed E-state index contributed by atoms with van der Waals surface area (Å²) in [4.78, 5) is 22.8. The van der Waals surface area contributed by atoms with Crippen LogP contribution in [0.25, 0.3) is 10.7 Å². The van der Waals surface area contributed by atoms with Crippen LogP contribution >= 0.6 is 22.7 Å². The molecule has 0 bridgehead atoms. The number of carbonyl (C=O) groups excluding carboxylic acids is 1. The van der Waals surface area contributed by atoms with E-state index in [1.807, 2.05) is 40.6 Å². The van der Waals surface area contributed by atoms with Gasteiger partial charge < -0.3 is 9.42 Å². The van der Waals surface area contributed by atoms with Gasteiger partial charge in [-0.2, -0.15) is 4.98 Å². The summed E-state index contributed by atoms with van der Waals surface area (Å²) >= 11 is 3.31. The predicted molar refractivity (Wildman–Crippen MR) is 121 cm³/mol. The summed E-state index contributed by atoms with van der Waals surface area (Å²) < 4.78 is 5.35. The molecule has 4 aromatic rings. The summed E-state index contributed by atoms with van der Waals surface area (Å²) in [6.45, 7) is 3.41. The molecule has 154 valence electrons. The van der Waals surface area contributed by atoms with E-state index in [-0.39, 0.29) is 5.91 Å². The molecule has 0 spiro atoms. The number of hydrogen-bond acceptors (Lipinski definition) is 6. The predicted octanol–water partition coefficient (Wildman–Crippen LogP) is 5.37. The zero-order valence-electron chi connectivity index (χ0n) is 16.8. The Labute approximate surface area is 184 Å². The van der Waals surface area contributed by atoms with Crippen molar-refractivity contribution >= 4 is 28.6 Å². The Kier molecular flexibility index (Phi) is 6.71. The largest absolute Gasteiger partial charge is 0.339 e. The lowest BCUT2D eigenvalue weighted by Gasteiger charge is -2.22. The summed E-state index contributed by atoms with van der Waals surface area (Å²) in [7, 11) is 0. The monoisotopic (exact) mass is 437 g/mol. The molecule has 0 radical (unpaired) electrons. The second-order valence-electron chi connectivity index (χ2n) is 7.05. The first kappa shape index (κ1) is 20.5. The third kappa shape index (κ3) is 5.43. The Morgan fingerprint density at radius 2 is 1.93 bits per heavy atom. The smallest absolute Gasteiger partial charge is 0.227 e. The first-order chi connectivity index (χ1) is 14.7. The molecule has 0 unspecified atom stereocenters. The van der Waals surface area contributed by atoms with Gasteiger partial charge in [0.25, 0.3) is 0 Å². The van der Waals surface area contributed by atoms with Crippen molar-refractivity contribution in [1.82, 2.24) is 15.0 Å². The maximum Gasteiger partial charge on any atom is 0.227 e. The van der Waals surface area contributed by atoms with Crippen molar-refractivity contribution < 1.29 is 9.32 Å². The van der Waals surface area contributed by atoms with Gasteiger partial charge in [0.2, 0.25) is 17.6 Å². The Hall–Kier alpha value is -2.77. The normalized spacial score (nSPS) is 11.0. The van der Waals surface area contributed by atoms with Crippen LogP contribution in [0.3, 0.4) is 0 Å². The second-order valence-corrected chi connectivity index (χ2v) is 9.37. The highest BCUT2D eigenvalue weighted by molar-refractivity contribution is 7.13. The summed E-state index contributed by atoms with van der Waals surface area (Å²) in [6, 6.07) is 18.4. The molecule has 4 rings (SSSR count). The molecule has 0 fully saturated rings. The number of nitrogens with zero attached hydrogens (tertiary/aromatic N) is 3. The number of hydrogen-bond donors (Lipinski definition) is 0. The standard InChI is InChI=1S/C23H23N3O2S2/c1-17-9-10-19(30-17)16-26(14-13-18-6-3-2-4-7-18)22(27)12-11-21-24-23(25-28-21)20-8-5-15-29-20/h2-10,15H,11-14,16H2,1H3. The summed E-state index contributed by atoms with van der Waals surface area (Å²) in [5.74, 6) is 1.19. The van der Waals surface area contributed by atoms with Gasteiger partial charge in [-0.25, -0.2) is 0 Å². The van der Waals surface area contributed by atoms with Gasteiger partial charge in [0.1, 0.15) is 0 Å². The number of carbonyl (C=O) groups is 1. The van der Waals surface area contributed by atoms with Gasteiger partial charge in [-0.05, 0) is 42.5 Å². The van der Waals surface area contributed by atoms with E-state index in [1.165, 1.54) is 15.3 Å². The minimum atomic E-state index is 0.104. The summed E-state index contributed by atoms with van der Waals surface area (Å²) in [5, 5.41) is 6.01. The van der Waals surface area contributed by atoms with Crippen LogP contribution in [-0.4, -0.2) is 27.5 Å². The van der Waals surface area contributed by atoms with Crippen molar-refractivity contribution in [2.75, 3.05) is 6.54 Å². The summed E-state index contributed by atoms with van der Waals surface area (Å²) in [5.41, 5.74) is 1.23. The molecule has 30 heavy (non-hydrogen) atoms. The van der Waals surface area contributed by atoms with Crippen molar-refractivity contribution in [2.24, 2.45) is 0 Å². The van der Waals surface area contributed by atoms with E-state index < -0.39 is 0 Å². The van der Waals surface area contributed by atoms with Gasteiger partial charge in [-0.3, -0.25) is 4.79 Å². The molecule has 0 N–H and O–H groups in total. The SMILES string of the molecule is Cc1ccc(CN(CCc2ccccc2)C(=O)CCc2nc(-c3cccs3)no2)s1. The number of aromatic nitrogens is 2. The lowest BCUT2D eigenvalue weighted by Crippen LogP contribution is -2.32. The Balaban J connectivity index is 1.39. The number of rotatable bonds is 9. The minimum absolute atomic E-state index is 0.104. The molecule has 7 heteroatoms. The van der Waals surface area contributed by atoms with Crippen molar-refractivity contribution in [3.8, 4) is 10.7 Å². The molecule has 0 aliphatic rings. The lowest BCUT2D eigenvalue weighted by molar-refractivity contribution is -0.131. The van der Waals surface area contributed by atoms with Gasteiger partial charge >= 0.3 is 0 Å². The Morgan fingerprint density at radius 1 is 1.07 bits per heavy atom. The van der Waals surface area contributed by atoms with E-state index in [2.05, 4.69) is 41.3 Å². The van der Waals surface area contributed by atoms with Crippen LogP contribution in [0.1, 0.15) is 27.6 Å². The number of thiophene rings is 2. The average Bonchev–Trinajstić information content (AvgIpc) is 3.52. The Bertz CT molecular complexity index is 1070. The van der Waals surface area contributed by atoms with Gasteiger partial charge in [-0.15, -0.1) is 22.7 Å². The summed E-state index contributed by atoms with van der Waals surface area (Å²) in [6.07, 6.45) is 1.63. The quantitative estimate of drug-likeness (QED) is 0.353. The molecule has 3 aromatic heterocycles. The molecule has 5 nitrogen and oxygen atoms in total. The fraction of sp³-hybridized carbons (Fsp3) is 0.261. The van der Waals surface area contributed by atoms with Gasteiger partial charge in [0.05, 0.1) is 11.4 Å². The van der Waals surface area contributed by atoms with Crippen LogP contribution in [0.4, 0.5) is 0 Å². The van der Waals surface area contributed by atoms with Gasteiger partial charge in [0.15, 0.2) is 0 Å². The second kappa shape index (κ2) is 9.82. The fourth-order valence-corrected chi connectivity index (χ4v) is 4.75. The first-order valence-corrected chi connectivity index (χ1v) is 11.6. The van der Waals surface area contributed by atoms with E-state index >= 15 is 0 Å². The number of benzene rings is 1. The number of aryl methyl sites for hydroxylation is 2. The first-order valence-electron chi connectivity index (χ1n) is 9.91. The van der Waals surface area contributed by atoms with E-state index in [1.54, 1.807) is 22.7 Å². The van der Waals surface area contributed by atoms with Crippen LogP contribution in [0.15, 0.2) is 64.5 Å². The molecule has 0 saturated carbocycles. The maximum atomic E-state index is 13.0. The van der Waals surface area contributed by atoms with Crippen LogP contribution in [-0.2, 0) is 24.2 Å². The zero-order chi connectivity index (χ0) is 20.8. The molecule has 0 saturated heterocycles. The minimum Gasteiger partial charge on any atom is -0.339 e. The molecule has 0 aliphatic carbocycles. The third-order valence-electron chi connectivity index (χ3n) is 4.77. The highest BCUT2D eigenvalue weighted by atomic mass is 32.1. The molecule has 1 amide bonds. The molecular weight excluding hydrogens is 414 g/mol. The van der Waals surface area contributed by atoms with Crippen LogP contribution in [0.2, 0.25) is 0 Å².